The van der Waals surface area contributed by atoms with Crippen molar-refractivity contribution in [3.8, 4) is 0 Å². The van der Waals surface area contributed by atoms with Crippen molar-refractivity contribution in [3.05, 3.63) is 75.0 Å². The van der Waals surface area contributed by atoms with E-state index in [1.807, 2.05) is 45.7 Å². The molecule has 0 saturated heterocycles. The maximum atomic E-state index is 12.5. The third-order valence-electron chi connectivity index (χ3n) is 5.23. The summed E-state index contributed by atoms with van der Waals surface area (Å²) in [7, 11) is 1.35. The van der Waals surface area contributed by atoms with Crippen molar-refractivity contribution in [1.82, 2.24) is 9.55 Å². The number of aromatic nitrogens is 2. The number of imidazole rings is 1. The third kappa shape index (κ3) is 5.31. The first-order chi connectivity index (χ1) is 14.5. The highest BCUT2D eigenvalue weighted by atomic mass is 35.5. The van der Waals surface area contributed by atoms with E-state index in [0.29, 0.717) is 23.7 Å². The SMILES string of the molecule is CCCCc1ncc(C(O)C(Cc2ccsc2)C(=O)OC)n1Cc1ccccc1Cl. The van der Waals surface area contributed by atoms with Crippen LogP contribution in [0.1, 0.15) is 48.5 Å². The second-order valence-corrected chi connectivity index (χ2v) is 8.48. The summed E-state index contributed by atoms with van der Waals surface area (Å²) < 4.78 is 7.00. The number of nitrogens with zero attached hydrogens (tertiary/aromatic N) is 2. The Hall–Kier alpha value is -2.15. The molecule has 3 aromatic rings. The molecule has 2 aromatic heterocycles. The van der Waals surface area contributed by atoms with E-state index < -0.39 is 18.0 Å². The van der Waals surface area contributed by atoms with E-state index >= 15 is 0 Å². The Bertz CT molecular complexity index is 955. The fourth-order valence-corrected chi connectivity index (χ4v) is 4.40. The highest BCUT2D eigenvalue weighted by Crippen LogP contribution is 2.30. The van der Waals surface area contributed by atoms with Crippen LogP contribution in [0.25, 0.3) is 0 Å². The molecule has 0 aliphatic heterocycles. The molecular weight excluding hydrogens is 420 g/mol. The molecule has 0 bridgehead atoms. The number of aryl methyl sites for hydroxylation is 1. The van der Waals surface area contributed by atoms with Crippen molar-refractivity contribution in [2.45, 2.75) is 45.3 Å². The summed E-state index contributed by atoms with van der Waals surface area (Å²) >= 11 is 7.95. The number of ether oxygens (including phenoxy) is 1. The molecule has 0 amide bonds. The van der Waals surface area contributed by atoms with Crippen molar-refractivity contribution in [2.75, 3.05) is 7.11 Å². The number of hydrogen-bond donors (Lipinski definition) is 1. The molecule has 160 valence electrons. The van der Waals surface area contributed by atoms with Gasteiger partial charge in [0.25, 0.3) is 0 Å². The van der Waals surface area contributed by atoms with Crippen LogP contribution in [-0.2, 0) is 28.9 Å². The fourth-order valence-electron chi connectivity index (χ4n) is 3.52. The van der Waals surface area contributed by atoms with E-state index in [4.69, 9.17) is 16.3 Å². The van der Waals surface area contributed by atoms with E-state index in [2.05, 4.69) is 11.9 Å². The van der Waals surface area contributed by atoms with E-state index in [9.17, 15) is 9.90 Å². The maximum absolute atomic E-state index is 12.5. The molecule has 1 N–H and O–H groups in total. The minimum atomic E-state index is -1.04. The predicted octanol–water partition coefficient (Wildman–Crippen LogP) is 5.05. The number of carbonyl (C=O) groups is 1. The highest BCUT2D eigenvalue weighted by molar-refractivity contribution is 7.07. The molecule has 1 aromatic carbocycles. The van der Waals surface area contributed by atoms with Gasteiger partial charge in [0.1, 0.15) is 11.9 Å². The molecule has 0 spiro atoms. The number of hydrogen-bond acceptors (Lipinski definition) is 5. The first kappa shape index (κ1) is 22.5. The van der Waals surface area contributed by atoms with Crippen LogP contribution in [0.15, 0.2) is 47.3 Å². The topological polar surface area (TPSA) is 64.3 Å². The van der Waals surface area contributed by atoms with Crippen LogP contribution in [0.4, 0.5) is 0 Å². The molecule has 2 unspecified atom stereocenters. The van der Waals surface area contributed by atoms with Gasteiger partial charge in [0, 0.05) is 11.4 Å². The Balaban J connectivity index is 1.96. The quantitative estimate of drug-likeness (QED) is 0.442. The van der Waals surface area contributed by atoms with Gasteiger partial charge in [-0.05, 0) is 46.9 Å². The van der Waals surface area contributed by atoms with Crippen LogP contribution < -0.4 is 0 Å². The summed E-state index contributed by atoms with van der Waals surface area (Å²) in [4.78, 5) is 17.1. The monoisotopic (exact) mass is 446 g/mol. The number of carbonyl (C=O) groups excluding carboxylic acids is 1. The zero-order valence-corrected chi connectivity index (χ0v) is 18.8. The van der Waals surface area contributed by atoms with Crippen molar-refractivity contribution < 1.29 is 14.6 Å². The number of esters is 1. The van der Waals surface area contributed by atoms with Gasteiger partial charge in [-0.15, -0.1) is 0 Å². The Morgan fingerprint density at radius 3 is 2.80 bits per heavy atom. The van der Waals surface area contributed by atoms with Crippen LogP contribution >= 0.6 is 22.9 Å². The van der Waals surface area contributed by atoms with Gasteiger partial charge in [0.05, 0.1) is 31.5 Å². The first-order valence-corrected chi connectivity index (χ1v) is 11.4. The van der Waals surface area contributed by atoms with Gasteiger partial charge in [-0.3, -0.25) is 4.79 Å². The van der Waals surface area contributed by atoms with E-state index in [-0.39, 0.29) is 0 Å². The molecule has 5 nitrogen and oxygen atoms in total. The molecule has 2 heterocycles. The summed E-state index contributed by atoms with van der Waals surface area (Å²) in [6.45, 7) is 2.61. The minimum absolute atomic E-state index is 0.402. The molecule has 7 heteroatoms. The lowest BCUT2D eigenvalue weighted by Crippen LogP contribution is -2.27. The molecule has 3 rings (SSSR count). The molecule has 0 fully saturated rings. The van der Waals surface area contributed by atoms with Crippen LogP contribution in [0.2, 0.25) is 5.02 Å². The lowest BCUT2D eigenvalue weighted by Gasteiger charge is -2.23. The maximum Gasteiger partial charge on any atom is 0.312 e. The smallest absolute Gasteiger partial charge is 0.312 e. The molecule has 0 aliphatic carbocycles. The first-order valence-electron chi connectivity index (χ1n) is 10.1. The number of methoxy groups -OCH3 is 1. The Morgan fingerprint density at radius 1 is 1.33 bits per heavy atom. The number of unbranched alkanes of at least 4 members (excludes halogenated alkanes) is 1. The lowest BCUT2D eigenvalue weighted by molar-refractivity contribution is -0.149. The Morgan fingerprint density at radius 2 is 2.13 bits per heavy atom. The van der Waals surface area contributed by atoms with Crippen LogP contribution in [0.5, 0.6) is 0 Å². The summed E-state index contributed by atoms with van der Waals surface area (Å²) in [5, 5.41) is 15.9. The van der Waals surface area contributed by atoms with Gasteiger partial charge in [0.15, 0.2) is 0 Å². The van der Waals surface area contributed by atoms with Crippen LogP contribution in [0.3, 0.4) is 0 Å². The van der Waals surface area contributed by atoms with E-state index in [0.717, 1.165) is 36.2 Å². The van der Waals surface area contributed by atoms with Crippen LogP contribution in [0, 0.1) is 5.92 Å². The molecular formula is C23H27ClN2O3S. The van der Waals surface area contributed by atoms with Crippen LogP contribution in [-0.4, -0.2) is 27.7 Å². The standard InChI is InChI=1S/C23H27ClN2O3S/c1-3-4-9-21-25-13-20(26(21)14-17-7-5-6-8-19(17)24)22(27)18(23(28)29-2)12-16-10-11-30-15-16/h5-8,10-11,13,15,18,22,27H,3-4,9,12,14H2,1-2H3. The van der Waals surface area contributed by atoms with Crippen molar-refractivity contribution in [1.29, 1.82) is 0 Å². The second-order valence-electron chi connectivity index (χ2n) is 7.29. The van der Waals surface area contributed by atoms with E-state index in [1.54, 1.807) is 17.5 Å². The zero-order chi connectivity index (χ0) is 21.5. The fraction of sp³-hybridized carbons (Fsp3) is 0.391. The van der Waals surface area contributed by atoms with Gasteiger partial charge < -0.3 is 14.4 Å². The summed E-state index contributed by atoms with van der Waals surface area (Å²) in [5.74, 6) is -0.274. The van der Waals surface area contributed by atoms with Crippen molar-refractivity contribution in [2.24, 2.45) is 5.92 Å². The molecule has 30 heavy (non-hydrogen) atoms. The average Bonchev–Trinajstić information content (AvgIpc) is 3.41. The predicted molar refractivity (Wildman–Crippen MR) is 120 cm³/mol. The van der Waals surface area contributed by atoms with Gasteiger partial charge in [-0.2, -0.15) is 11.3 Å². The third-order valence-corrected chi connectivity index (χ3v) is 6.33. The zero-order valence-electron chi connectivity index (χ0n) is 17.3. The largest absolute Gasteiger partial charge is 0.469 e. The summed E-state index contributed by atoms with van der Waals surface area (Å²) in [6.07, 6.45) is 3.86. The lowest BCUT2D eigenvalue weighted by atomic mass is 9.93. The molecule has 0 aliphatic rings. The van der Waals surface area contributed by atoms with Crippen molar-refractivity contribution in [3.63, 3.8) is 0 Å². The number of halogens is 1. The average molecular weight is 447 g/mol. The molecule has 2 atom stereocenters. The number of rotatable bonds is 10. The molecule has 0 radical (unpaired) electrons. The minimum Gasteiger partial charge on any atom is -0.469 e. The van der Waals surface area contributed by atoms with Crippen molar-refractivity contribution >= 4 is 28.9 Å². The summed E-state index contributed by atoms with van der Waals surface area (Å²) in [6, 6.07) is 9.60. The second kappa shape index (κ2) is 10.8. The van der Waals surface area contributed by atoms with Gasteiger partial charge >= 0.3 is 5.97 Å². The normalized spacial score (nSPS) is 13.2. The van der Waals surface area contributed by atoms with Gasteiger partial charge in [-0.1, -0.05) is 43.1 Å². The Labute approximate surface area is 186 Å². The highest BCUT2D eigenvalue weighted by Gasteiger charge is 2.32. The number of thiophene rings is 1. The Kier molecular flexibility index (Phi) is 8.08. The van der Waals surface area contributed by atoms with E-state index in [1.165, 1.54) is 7.11 Å². The molecule has 0 saturated carbocycles. The number of aliphatic hydroxyl groups excluding tert-OH is 1. The van der Waals surface area contributed by atoms with Gasteiger partial charge in [-0.25, -0.2) is 4.98 Å². The van der Waals surface area contributed by atoms with Gasteiger partial charge in [0.2, 0.25) is 0 Å². The number of benzene rings is 1. The number of aliphatic hydroxyl groups is 1. The summed E-state index contributed by atoms with van der Waals surface area (Å²) in [5.41, 5.74) is 2.54.